The first-order valence-electron chi connectivity index (χ1n) is 4.81. The molecular formula is C11H12IN3. The van der Waals surface area contributed by atoms with Crippen molar-refractivity contribution in [1.29, 1.82) is 0 Å². The zero-order chi connectivity index (χ0) is 10.5. The molecule has 1 N–H and O–H groups in total. The minimum absolute atomic E-state index is 0.887. The van der Waals surface area contributed by atoms with E-state index in [1.165, 1.54) is 3.57 Å². The number of hydrogen-bond donors (Lipinski definition) is 1. The number of hydrogen-bond acceptors (Lipinski definition) is 2. The molecule has 0 amide bonds. The van der Waals surface area contributed by atoms with Crippen LogP contribution in [0.25, 0.3) is 0 Å². The lowest BCUT2D eigenvalue weighted by Crippen LogP contribution is -2.10. The van der Waals surface area contributed by atoms with Crippen LogP contribution in [0.5, 0.6) is 0 Å². The first kappa shape index (κ1) is 10.5. The number of para-hydroxylation sites is 1. The van der Waals surface area contributed by atoms with E-state index in [9.17, 15) is 0 Å². The highest BCUT2D eigenvalue weighted by atomic mass is 127. The quantitative estimate of drug-likeness (QED) is 0.880. The van der Waals surface area contributed by atoms with Crippen molar-refractivity contribution in [3.63, 3.8) is 0 Å². The third kappa shape index (κ3) is 3.23. The molecule has 0 aliphatic heterocycles. The topological polar surface area (TPSA) is 29.9 Å². The van der Waals surface area contributed by atoms with Gasteiger partial charge in [-0.2, -0.15) is 5.10 Å². The van der Waals surface area contributed by atoms with Crippen LogP contribution in [0.4, 0.5) is 5.69 Å². The van der Waals surface area contributed by atoms with Crippen LogP contribution in [0.1, 0.15) is 0 Å². The van der Waals surface area contributed by atoms with Gasteiger partial charge in [0.05, 0.1) is 16.3 Å². The van der Waals surface area contributed by atoms with E-state index in [-0.39, 0.29) is 0 Å². The van der Waals surface area contributed by atoms with Gasteiger partial charge >= 0.3 is 0 Å². The summed E-state index contributed by atoms with van der Waals surface area (Å²) in [5.41, 5.74) is 1.15. The second kappa shape index (κ2) is 5.16. The van der Waals surface area contributed by atoms with Crippen molar-refractivity contribution in [1.82, 2.24) is 9.78 Å². The zero-order valence-electron chi connectivity index (χ0n) is 8.23. The third-order valence-electron chi connectivity index (χ3n) is 2.05. The molecule has 4 heteroatoms. The van der Waals surface area contributed by atoms with Gasteiger partial charge in [0.25, 0.3) is 0 Å². The third-order valence-corrected chi connectivity index (χ3v) is 2.60. The van der Waals surface area contributed by atoms with E-state index in [4.69, 9.17) is 0 Å². The number of halogens is 1. The van der Waals surface area contributed by atoms with Crippen LogP contribution < -0.4 is 5.32 Å². The Bertz CT molecular complexity index is 411. The molecular weight excluding hydrogens is 301 g/mol. The van der Waals surface area contributed by atoms with Gasteiger partial charge in [-0.3, -0.25) is 4.68 Å². The smallest absolute Gasteiger partial charge is 0.0623 e. The fourth-order valence-corrected chi connectivity index (χ4v) is 1.78. The highest BCUT2D eigenvalue weighted by Gasteiger charge is 1.94. The Kier molecular flexibility index (Phi) is 3.60. The molecule has 0 aliphatic rings. The number of aromatic nitrogens is 2. The number of rotatable bonds is 4. The minimum Gasteiger partial charge on any atom is -0.383 e. The lowest BCUT2D eigenvalue weighted by Gasteiger charge is -2.05. The van der Waals surface area contributed by atoms with Gasteiger partial charge in [0.2, 0.25) is 0 Å². The Morgan fingerprint density at radius 1 is 1.27 bits per heavy atom. The first-order chi connectivity index (χ1) is 7.34. The Balaban J connectivity index is 1.80. The molecule has 1 aromatic carbocycles. The molecule has 15 heavy (non-hydrogen) atoms. The normalized spacial score (nSPS) is 10.2. The fourth-order valence-electron chi connectivity index (χ4n) is 1.33. The van der Waals surface area contributed by atoms with E-state index >= 15 is 0 Å². The van der Waals surface area contributed by atoms with Crippen molar-refractivity contribution in [2.24, 2.45) is 0 Å². The molecule has 1 aromatic heterocycles. The number of nitrogens with one attached hydrogen (secondary N) is 1. The van der Waals surface area contributed by atoms with Crippen molar-refractivity contribution >= 4 is 28.3 Å². The van der Waals surface area contributed by atoms with Gasteiger partial charge in [-0.25, -0.2) is 0 Å². The monoisotopic (exact) mass is 313 g/mol. The molecule has 0 radical (unpaired) electrons. The molecule has 0 fully saturated rings. The minimum atomic E-state index is 0.887. The van der Waals surface area contributed by atoms with Crippen molar-refractivity contribution in [3.05, 3.63) is 46.3 Å². The number of anilines is 1. The maximum Gasteiger partial charge on any atom is 0.0623 e. The second-order valence-electron chi connectivity index (χ2n) is 3.21. The van der Waals surface area contributed by atoms with Gasteiger partial charge < -0.3 is 5.32 Å². The summed E-state index contributed by atoms with van der Waals surface area (Å²) >= 11 is 2.26. The van der Waals surface area contributed by atoms with Crippen LogP contribution in [-0.4, -0.2) is 16.3 Å². The lowest BCUT2D eigenvalue weighted by atomic mass is 10.3. The second-order valence-corrected chi connectivity index (χ2v) is 4.46. The molecule has 2 rings (SSSR count). The van der Waals surface area contributed by atoms with E-state index in [1.54, 1.807) is 0 Å². The van der Waals surface area contributed by atoms with E-state index in [0.29, 0.717) is 0 Å². The number of nitrogens with zero attached hydrogens (tertiary/aromatic N) is 2. The van der Waals surface area contributed by atoms with Crippen molar-refractivity contribution < 1.29 is 0 Å². The van der Waals surface area contributed by atoms with E-state index < -0.39 is 0 Å². The molecule has 0 unspecified atom stereocenters. The van der Waals surface area contributed by atoms with Gasteiger partial charge in [-0.15, -0.1) is 0 Å². The summed E-state index contributed by atoms with van der Waals surface area (Å²) in [6, 6.07) is 10.2. The average molecular weight is 313 g/mol. The molecule has 2 aromatic rings. The van der Waals surface area contributed by atoms with Crippen LogP contribution in [0, 0.1) is 3.57 Å². The zero-order valence-corrected chi connectivity index (χ0v) is 10.4. The van der Waals surface area contributed by atoms with E-state index in [0.717, 1.165) is 18.8 Å². The molecule has 3 nitrogen and oxygen atoms in total. The molecule has 0 saturated heterocycles. The predicted molar refractivity (Wildman–Crippen MR) is 69.9 cm³/mol. The van der Waals surface area contributed by atoms with Gasteiger partial charge in [-0.05, 0) is 34.7 Å². The summed E-state index contributed by atoms with van der Waals surface area (Å²) in [6.45, 7) is 1.78. The summed E-state index contributed by atoms with van der Waals surface area (Å²) in [7, 11) is 0. The lowest BCUT2D eigenvalue weighted by molar-refractivity contribution is 0.637. The SMILES string of the molecule is Ic1cnn(CCNc2ccccc2)c1. The molecule has 0 atom stereocenters. The Morgan fingerprint density at radius 3 is 2.73 bits per heavy atom. The summed E-state index contributed by atoms with van der Waals surface area (Å²) in [5, 5.41) is 7.56. The van der Waals surface area contributed by atoms with Gasteiger partial charge in [0.1, 0.15) is 0 Å². The Labute approximate surface area is 103 Å². The highest BCUT2D eigenvalue weighted by Crippen LogP contribution is 2.05. The van der Waals surface area contributed by atoms with Crippen LogP contribution in [0.3, 0.4) is 0 Å². The van der Waals surface area contributed by atoms with Gasteiger partial charge in [0.15, 0.2) is 0 Å². The van der Waals surface area contributed by atoms with Gasteiger partial charge in [0, 0.05) is 18.4 Å². The van der Waals surface area contributed by atoms with Crippen LogP contribution >= 0.6 is 22.6 Å². The highest BCUT2D eigenvalue weighted by molar-refractivity contribution is 14.1. The van der Waals surface area contributed by atoms with Crippen LogP contribution in [0.15, 0.2) is 42.7 Å². The fraction of sp³-hybridized carbons (Fsp3) is 0.182. The summed E-state index contributed by atoms with van der Waals surface area (Å²) in [6.07, 6.45) is 3.90. The first-order valence-corrected chi connectivity index (χ1v) is 5.89. The molecule has 78 valence electrons. The maximum atomic E-state index is 4.22. The predicted octanol–water partition coefficient (Wildman–Crippen LogP) is 2.60. The van der Waals surface area contributed by atoms with Crippen molar-refractivity contribution in [2.45, 2.75) is 6.54 Å². The Morgan fingerprint density at radius 2 is 2.07 bits per heavy atom. The van der Waals surface area contributed by atoms with Gasteiger partial charge in [-0.1, -0.05) is 18.2 Å². The molecule has 0 spiro atoms. The van der Waals surface area contributed by atoms with Crippen molar-refractivity contribution in [3.8, 4) is 0 Å². The molecule has 0 bridgehead atoms. The van der Waals surface area contributed by atoms with Crippen LogP contribution in [-0.2, 0) is 6.54 Å². The largest absolute Gasteiger partial charge is 0.383 e. The number of benzene rings is 1. The summed E-state index contributed by atoms with van der Waals surface area (Å²) < 4.78 is 3.12. The van der Waals surface area contributed by atoms with Crippen molar-refractivity contribution in [2.75, 3.05) is 11.9 Å². The standard InChI is InChI=1S/C11H12IN3/c12-10-8-14-15(9-10)7-6-13-11-4-2-1-3-5-11/h1-5,8-9,13H,6-7H2. The van der Waals surface area contributed by atoms with E-state index in [1.807, 2.05) is 35.3 Å². The molecule has 1 heterocycles. The average Bonchev–Trinajstić information content (AvgIpc) is 2.66. The summed E-state index contributed by atoms with van der Waals surface area (Å²) in [4.78, 5) is 0. The Hall–Kier alpha value is -1.04. The van der Waals surface area contributed by atoms with Crippen LogP contribution in [0.2, 0.25) is 0 Å². The molecule has 0 aliphatic carbocycles. The van der Waals surface area contributed by atoms with E-state index in [2.05, 4.69) is 45.1 Å². The maximum absolute atomic E-state index is 4.22. The summed E-state index contributed by atoms with van der Waals surface area (Å²) in [5.74, 6) is 0. The molecule has 0 saturated carbocycles.